The number of nitrogens with zero attached hydrogens (tertiary/aromatic N) is 6. The number of nitrogens with one attached hydrogen (secondary N) is 1. The van der Waals surface area contributed by atoms with Crippen LogP contribution in [0.4, 0.5) is 0 Å². The zero-order chi connectivity index (χ0) is 19.8. The molecule has 8 nitrogen and oxygen atoms in total. The van der Waals surface area contributed by atoms with E-state index in [0.717, 1.165) is 54.2 Å². The summed E-state index contributed by atoms with van der Waals surface area (Å²) in [4.78, 5) is 35.5. The van der Waals surface area contributed by atoms with Gasteiger partial charge in [0.1, 0.15) is 5.69 Å². The first-order valence-electron chi connectivity index (χ1n) is 9.68. The van der Waals surface area contributed by atoms with E-state index < -0.39 is 0 Å². The predicted molar refractivity (Wildman–Crippen MR) is 108 cm³/mol. The van der Waals surface area contributed by atoms with Crippen molar-refractivity contribution >= 4 is 16.9 Å². The number of likely N-dealkylation sites (tertiary alicyclic amines) is 1. The summed E-state index contributed by atoms with van der Waals surface area (Å²) in [6, 6.07) is 5.60. The zero-order valence-corrected chi connectivity index (χ0v) is 16.1. The van der Waals surface area contributed by atoms with Gasteiger partial charge in [-0.05, 0) is 37.0 Å². The van der Waals surface area contributed by atoms with Gasteiger partial charge < -0.3 is 14.5 Å². The molecular weight excluding hydrogens is 366 g/mol. The van der Waals surface area contributed by atoms with E-state index in [0.29, 0.717) is 11.5 Å². The second-order valence-electron chi connectivity index (χ2n) is 7.50. The van der Waals surface area contributed by atoms with E-state index in [1.54, 1.807) is 18.7 Å². The summed E-state index contributed by atoms with van der Waals surface area (Å²) in [5.74, 6) is 1.24. The number of amides is 1. The molecule has 0 radical (unpaired) electrons. The number of fused-ring (bicyclic) bond motifs is 1. The number of imidazole rings is 2. The van der Waals surface area contributed by atoms with Crippen molar-refractivity contribution < 1.29 is 4.79 Å². The topological polar surface area (TPSA) is 92.6 Å². The number of aromatic nitrogens is 6. The molecule has 4 heterocycles. The molecule has 1 saturated heterocycles. The molecule has 29 heavy (non-hydrogen) atoms. The average molecular weight is 387 g/mol. The monoisotopic (exact) mass is 387 g/mol. The van der Waals surface area contributed by atoms with Crippen molar-refractivity contribution in [1.82, 2.24) is 34.4 Å². The van der Waals surface area contributed by atoms with Gasteiger partial charge in [-0.25, -0.2) is 15.0 Å². The standard InChI is InChI=1S/C21H21N7O/c1-27-7-5-23-20(27)19-11-22-10-16(26-19)8-14-4-6-28(12-14)21(29)15-2-3-17-18(9-15)25-13-24-17/h2-3,5,7,9-11,13-14H,4,6,8,12H2,1H3,(H,24,25). The van der Waals surface area contributed by atoms with Gasteiger partial charge in [0.15, 0.2) is 5.82 Å². The summed E-state index contributed by atoms with van der Waals surface area (Å²) in [7, 11) is 1.94. The van der Waals surface area contributed by atoms with Gasteiger partial charge in [0.25, 0.3) is 5.91 Å². The molecule has 3 aromatic heterocycles. The van der Waals surface area contributed by atoms with E-state index in [1.165, 1.54) is 0 Å². The number of hydrogen-bond acceptors (Lipinski definition) is 5. The number of aromatic amines is 1. The fourth-order valence-corrected chi connectivity index (χ4v) is 3.96. The lowest BCUT2D eigenvalue weighted by atomic mass is 10.0. The summed E-state index contributed by atoms with van der Waals surface area (Å²) in [6.07, 6.45) is 10.6. The van der Waals surface area contributed by atoms with Crippen molar-refractivity contribution in [3.05, 3.63) is 60.6 Å². The SMILES string of the molecule is Cn1ccnc1-c1cncc(CC2CCN(C(=O)c3ccc4nc[nH]c4c3)C2)n1. The zero-order valence-electron chi connectivity index (χ0n) is 16.1. The quantitative estimate of drug-likeness (QED) is 0.581. The summed E-state index contributed by atoms with van der Waals surface area (Å²) < 4.78 is 1.93. The van der Waals surface area contributed by atoms with Gasteiger partial charge >= 0.3 is 0 Å². The van der Waals surface area contributed by atoms with E-state index in [-0.39, 0.29) is 5.91 Å². The van der Waals surface area contributed by atoms with Crippen molar-refractivity contribution in [2.24, 2.45) is 13.0 Å². The van der Waals surface area contributed by atoms with Gasteiger partial charge in [0.2, 0.25) is 0 Å². The second kappa shape index (κ2) is 7.12. The number of carbonyl (C=O) groups excluding carboxylic acids is 1. The van der Waals surface area contributed by atoms with Crippen LogP contribution in [0.15, 0.2) is 49.3 Å². The first kappa shape index (κ1) is 17.5. The summed E-state index contributed by atoms with van der Waals surface area (Å²) in [5.41, 5.74) is 4.15. The van der Waals surface area contributed by atoms with E-state index >= 15 is 0 Å². The first-order valence-corrected chi connectivity index (χ1v) is 9.68. The third-order valence-corrected chi connectivity index (χ3v) is 5.47. The second-order valence-corrected chi connectivity index (χ2v) is 7.50. The summed E-state index contributed by atoms with van der Waals surface area (Å²) >= 11 is 0. The van der Waals surface area contributed by atoms with E-state index in [1.807, 2.05) is 47.1 Å². The molecule has 1 aliphatic rings. The van der Waals surface area contributed by atoms with Crippen molar-refractivity contribution in [2.45, 2.75) is 12.8 Å². The lowest BCUT2D eigenvalue weighted by Crippen LogP contribution is -2.29. The van der Waals surface area contributed by atoms with Crippen LogP contribution in [0.5, 0.6) is 0 Å². The Morgan fingerprint density at radius 2 is 2.21 bits per heavy atom. The highest BCUT2D eigenvalue weighted by Crippen LogP contribution is 2.23. The fourth-order valence-electron chi connectivity index (χ4n) is 3.96. The molecule has 1 N–H and O–H groups in total. The molecule has 0 bridgehead atoms. The maximum absolute atomic E-state index is 12.9. The Bertz CT molecular complexity index is 1180. The molecule has 0 spiro atoms. The predicted octanol–water partition coefficient (Wildman–Crippen LogP) is 2.46. The van der Waals surface area contributed by atoms with Crippen molar-refractivity contribution in [3.63, 3.8) is 0 Å². The van der Waals surface area contributed by atoms with Gasteiger partial charge in [-0.2, -0.15) is 0 Å². The third kappa shape index (κ3) is 3.37. The number of carbonyl (C=O) groups is 1. The highest BCUT2D eigenvalue weighted by Gasteiger charge is 2.27. The summed E-state index contributed by atoms with van der Waals surface area (Å²) in [5, 5.41) is 0. The van der Waals surface area contributed by atoms with Crippen LogP contribution in [-0.4, -0.2) is 53.4 Å². The number of benzene rings is 1. The molecule has 1 aromatic carbocycles. The molecule has 146 valence electrons. The maximum atomic E-state index is 12.9. The van der Waals surface area contributed by atoms with Crippen LogP contribution in [0.2, 0.25) is 0 Å². The van der Waals surface area contributed by atoms with Gasteiger partial charge in [-0.15, -0.1) is 0 Å². The Balaban J connectivity index is 1.27. The number of rotatable bonds is 4. The molecule has 4 aromatic rings. The number of hydrogen-bond donors (Lipinski definition) is 1. The maximum Gasteiger partial charge on any atom is 0.253 e. The van der Waals surface area contributed by atoms with Crippen LogP contribution in [0.1, 0.15) is 22.5 Å². The molecule has 0 aliphatic carbocycles. The molecule has 5 rings (SSSR count). The van der Waals surface area contributed by atoms with Gasteiger partial charge in [-0.1, -0.05) is 0 Å². The normalized spacial score (nSPS) is 16.6. The largest absolute Gasteiger partial charge is 0.345 e. The molecule has 1 aliphatic heterocycles. The third-order valence-electron chi connectivity index (χ3n) is 5.47. The van der Waals surface area contributed by atoms with Gasteiger partial charge in [-0.3, -0.25) is 9.78 Å². The highest BCUT2D eigenvalue weighted by molar-refractivity contribution is 5.97. The molecule has 8 heteroatoms. The average Bonchev–Trinajstić information content (AvgIpc) is 3.47. The Morgan fingerprint density at radius 1 is 1.28 bits per heavy atom. The molecule has 1 unspecified atom stereocenters. The van der Waals surface area contributed by atoms with Crippen molar-refractivity contribution in [1.29, 1.82) is 0 Å². The van der Waals surface area contributed by atoms with Crippen LogP contribution in [0.25, 0.3) is 22.6 Å². The molecular formula is C21H21N7O. The van der Waals surface area contributed by atoms with Gasteiger partial charge in [0.05, 0.1) is 29.3 Å². The van der Waals surface area contributed by atoms with E-state index in [9.17, 15) is 4.79 Å². The van der Waals surface area contributed by atoms with Crippen molar-refractivity contribution in [2.75, 3.05) is 13.1 Å². The van der Waals surface area contributed by atoms with E-state index in [4.69, 9.17) is 4.98 Å². The van der Waals surface area contributed by atoms with Crippen molar-refractivity contribution in [3.8, 4) is 11.5 Å². The fraction of sp³-hybridized carbons (Fsp3) is 0.286. The van der Waals surface area contributed by atoms with Crippen LogP contribution < -0.4 is 0 Å². The Hall–Kier alpha value is -3.55. The smallest absolute Gasteiger partial charge is 0.253 e. The Morgan fingerprint density at radius 3 is 3.07 bits per heavy atom. The minimum atomic E-state index is 0.0665. The Labute approximate surface area is 167 Å². The number of H-pyrrole nitrogens is 1. The van der Waals surface area contributed by atoms with Crippen LogP contribution >= 0.6 is 0 Å². The van der Waals surface area contributed by atoms with E-state index in [2.05, 4.69) is 19.9 Å². The lowest BCUT2D eigenvalue weighted by Gasteiger charge is -2.16. The van der Waals surface area contributed by atoms with Crippen LogP contribution in [-0.2, 0) is 13.5 Å². The minimum Gasteiger partial charge on any atom is -0.345 e. The highest BCUT2D eigenvalue weighted by atomic mass is 16.2. The Kier molecular flexibility index (Phi) is 4.31. The lowest BCUT2D eigenvalue weighted by molar-refractivity contribution is 0.0787. The number of aryl methyl sites for hydroxylation is 1. The van der Waals surface area contributed by atoms with Crippen LogP contribution in [0, 0.1) is 5.92 Å². The molecule has 1 fully saturated rings. The molecule has 1 amide bonds. The molecule has 1 atom stereocenters. The first-order chi connectivity index (χ1) is 14.2. The van der Waals surface area contributed by atoms with Gasteiger partial charge in [0, 0.05) is 44.3 Å². The van der Waals surface area contributed by atoms with Crippen LogP contribution in [0.3, 0.4) is 0 Å². The molecule has 0 saturated carbocycles. The summed E-state index contributed by atoms with van der Waals surface area (Å²) in [6.45, 7) is 1.49. The minimum absolute atomic E-state index is 0.0665.